The van der Waals surface area contributed by atoms with Crippen molar-refractivity contribution in [3.8, 4) is 0 Å². The van der Waals surface area contributed by atoms with Gasteiger partial charge < -0.3 is 10.2 Å². The molecule has 0 atom stereocenters. The third kappa shape index (κ3) is 7.41. The van der Waals surface area contributed by atoms with Gasteiger partial charge in [0.15, 0.2) is 5.92 Å². The normalized spacial score (nSPS) is 18.7. The Kier molecular flexibility index (Phi) is 8.48. The molecule has 0 unspecified atom stereocenters. The van der Waals surface area contributed by atoms with Gasteiger partial charge in [0.25, 0.3) is 0 Å². The third-order valence-corrected chi connectivity index (χ3v) is 5.05. The monoisotopic (exact) mass is 372 g/mol. The molecule has 4 heteroatoms. The third-order valence-electron chi connectivity index (χ3n) is 5.05. The molecule has 0 bridgehead atoms. The number of hydrogen-bond donors (Lipinski definition) is 2. The SMILES string of the molecule is CC(C=C/C=C(/C)C=CC1=C(C)CCCC1(C)C)=CCC(C(=O)O)C(=O)O. The molecule has 4 nitrogen and oxygen atoms in total. The van der Waals surface area contributed by atoms with Crippen LogP contribution in [-0.2, 0) is 9.59 Å². The maximum Gasteiger partial charge on any atom is 0.318 e. The van der Waals surface area contributed by atoms with E-state index in [0.29, 0.717) is 0 Å². The molecular weight excluding hydrogens is 340 g/mol. The molecule has 0 fully saturated rings. The summed E-state index contributed by atoms with van der Waals surface area (Å²) in [6.45, 7) is 10.7. The highest BCUT2D eigenvalue weighted by Gasteiger charge is 2.26. The number of aliphatic carboxylic acids is 2. The van der Waals surface area contributed by atoms with Crippen molar-refractivity contribution < 1.29 is 19.8 Å². The molecule has 0 aliphatic heterocycles. The molecule has 0 radical (unpaired) electrons. The van der Waals surface area contributed by atoms with Gasteiger partial charge in [0.05, 0.1) is 0 Å². The first-order chi connectivity index (χ1) is 12.5. The second-order valence-electron chi connectivity index (χ2n) is 7.95. The highest BCUT2D eigenvalue weighted by molar-refractivity contribution is 5.93. The van der Waals surface area contributed by atoms with Crippen LogP contribution < -0.4 is 0 Å². The van der Waals surface area contributed by atoms with Gasteiger partial charge in [0, 0.05) is 0 Å². The molecular formula is C23H32O4. The van der Waals surface area contributed by atoms with Crippen LogP contribution in [0.25, 0.3) is 0 Å². The van der Waals surface area contributed by atoms with Crippen LogP contribution in [0.4, 0.5) is 0 Å². The Morgan fingerprint density at radius 2 is 1.74 bits per heavy atom. The molecule has 2 N–H and O–H groups in total. The second-order valence-corrected chi connectivity index (χ2v) is 7.95. The zero-order chi connectivity index (χ0) is 20.6. The standard InChI is InChI=1S/C23H32O4/c1-16(11-13-19(21(24)25)22(26)27)8-6-9-17(2)12-14-20-18(3)10-7-15-23(20,4)5/h6,8-9,11-12,14,19H,7,10,13,15H2,1-5H3,(H,24,25)(H,26,27)/b8-6?,14-12?,16-11?,17-9-. The molecule has 148 valence electrons. The van der Waals surface area contributed by atoms with E-state index in [1.165, 1.54) is 30.4 Å². The van der Waals surface area contributed by atoms with Crippen LogP contribution in [0.15, 0.2) is 58.7 Å². The Morgan fingerprint density at radius 3 is 2.30 bits per heavy atom. The van der Waals surface area contributed by atoms with Gasteiger partial charge in [-0.3, -0.25) is 9.59 Å². The Hall–Kier alpha value is -2.36. The van der Waals surface area contributed by atoms with Crippen LogP contribution in [0.5, 0.6) is 0 Å². The molecule has 1 aliphatic carbocycles. The minimum absolute atomic E-state index is 0.0219. The first kappa shape index (κ1) is 22.7. The summed E-state index contributed by atoms with van der Waals surface area (Å²) in [5, 5.41) is 17.8. The van der Waals surface area contributed by atoms with Gasteiger partial charge >= 0.3 is 11.9 Å². The minimum Gasteiger partial charge on any atom is -0.481 e. The summed E-state index contributed by atoms with van der Waals surface area (Å²) >= 11 is 0. The Labute approximate surface area is 162 Å². The summed E-state index contributed by atoms with van der Waals surface area (Å²) in [6.07, 6.45) is 15.3. The summed E-state index contributed by atoms with van der Waals surface area (Å²) in [7, 11) is 0. The van der Waals surface area contributed by atoms with Crippen molar-refractivity contribution in [1.29, 1.82) is 0 Å². The van der Waals surface area contributed by atoms with Gasteiger partial charge in [0.1, 0.15) is 0 Å². The van der Waals surface area contributed by atoms with Gasteiger partial charge in [-0.15, -0.1) is 0 Å². The fourth-order valence-corrected chi connectivity index (χ4v) is 3.31. The number of hydrogen-bond acceptors (Lipinski definition) is 2. The molecule has 0 spiro atoms. The zero-order valence-electron chi connectivity index (χ0n) is 17.1. The lowest BCUT2D eigenvalue weighted by Gasteiger charge is -2.32. The van der Waals surface area contributed by atoms with Gasteiger partial charge in [-0.25, -0.2) is 0 Å². The van der Waals surface area contributed by atoms with Crippen molar-refractivity contribution >= 4 is 11.9 Å². The fraction of sp³-hybridized carbons (Fsp3) is 0.478. The topological polar surface area (TPSA) is 74.6 Å². The Balaban J connectivity index is 2.74. The van der Waals surface area contributed by atoms with Crippen molar-refractivity contribution in [2.24, 2.45) is 11.3 Å². The molecule has 1 rings (SSSR count). The number of carboxylic acid groups (broad SMARTS) is 2. The molecule has 0 saturated heterocycles. The van der Waals surface area contributed by atoms with E-state index in [2.05, 4.69) is 32.9 Å². The van der Waals surface area contributed by atoms with Crippen LogP contribution in [0, 0.1) is 11.3 Å². The molecule has 1 aliphatic rings. The first-order valence-electron chi connectivity index (χ1n) is 9.40. The average molecular weight is 373 g/mol. The number of rotatable bonds is 8. The maximum absolute atomic E-state index is 10.9. The van der Waals surface area contributed by atoms with Gasteiger partial charge in [-0.05, 0) is 57.4 Å². The molecule has 0 heterocycles. The predicted molar refractivity (Wildman–Crippen MR) is 110 cm³/mol. The lowest BCUT2D eigenvalue weighted by molar-refractivity contribution is -0.154. The second kappa shape index (κ2) is 10.1. The summed E-state index contributed by atoms with van der Waals surface area (Å²) in [5.41, 5.74) is 5.07. The van der Waals surface area contributed by atoms with E-state index in [1.54, 1.807) is 6.08 Å². The molecule has 0 aromatic carbocycles. The summed E-state index contributed by atoms with van der Waals surface area (Å²) in [5.74, 6) is -4.03. The molecule has 0 saturated carbocycles. The van der Waals surface area contributed by atoms with Crippen molar-refractivity contribution in [3.63, 3.8) is 0 Å². The molecule has 0 amide bonds. The van der Waals surface area contributed by atoms with E-state index in [-0.39, 0.29) is 11.8 Å². The van der Waals surface area contributed by atoms with Crippen molar-refractivity contribution in [2.75, 3.05) is 0 Å². The highest BCUT2D eigenvalue weighted by Crippen LogP contribution is 2.40. The van der Waals surface area contributed by atoms with E-state index in [9.17, 15) is 9.59 Å². The van der Waals surface area contributed by atoms with Crippen molar-refractivity contribution in [3.05, 3.63) is 58.7 Å². The lowest BCUT2D eigenvalue weighted by atomic mass is 9.72. The van der Waals surface area contributed by atoms with Gasteiger partial charge in [-0.2, -0.15) is 0 Å². The highest BCUT2D eigenvalue weighted by atomic mass is 16.4. The average Bonchev–Trinajstić information content (AvgIpc) is 2.53. The first-order valence-corrected chi connectivity index (χ1v) is 9.40. The Bertz CT molecular complexity index is 701. The van der Waals surface area contributed by atoms with Crippen LogP contribution in [0.3, 0.4) is 0 Å². The van der Waals surface area contributed by atoms with E-state index in [0.717, 1.165) is 11.1 Å². The van der Waals surface area contributed by atoms with E-state index < -0.39 is 17.9 Å². The predicted octanol–water partition coefficient (Wildman–Crippen LogP) is 5.69. The van der Waals surface area contributed by atoms with Gasteiger partial charge in [-0.1, -0.05) is 67.0 Å². The van der Waals surface area contributed by atoms with E-state index >= 15 is 0 Å². The largest absolute Gasteiger partial charge is 0.481 e. The van der Waals surface area contributed by atoms with E-state index in [1.807, 2.05) is 32.1 Å². The zero-order valence-corrected chi connectivity index (χ0v) is 17.1. The lowest BCUT2D eigenvalue weighted by Crippen LogP contribution is -2.22. The smallest absolute Gasteiger partial charge is 0.318 e. The van der Waals surface area contributed by atoms with Crippen molar-refractivity contribution in [1.82, 2.24) is 0 Å². The Morgan fingerprint density at radius 1 is 1.11 bits per heavy atom. The van der Waals surface area contributed by atoms with Crippen LogP contribution in [0.1, 0.15) is 60.3 Å². The summed E-state index contributed by atoms with van der Waals surface area (Å²) in [6, 6.07) is 0. The van der Waals surface area contributed by atoms with Crippen LogP contribution in [-0.4, -0.2) is 22.2 Å². The molecule has 0 aromatic heterocycles. The number of carbonyl (C=O) groups is 2. The number of carboxylic acids is 2. The summed E-state index contributed by atoms with van der Waals surface area (Å²) < 4.78 is 0. The molecule has 27 heavy (non-hydrogen) atoms. The van der Waals surface area contributed by atoms with Gasteiger partial charge in [0.2, 0.25) is 0 Å². The fourth-order valence-electron chi connectivity index (χ4n) is 3.31. The van der Waals surface area contributed by atoms with Crippen LogP contribution in [0.2, 0.25) is 0 Å². The van der Waals surface area contributed by atoms with Crippen LogP contribution >= 0.6 is 0 Å². The molecule has 0 aromatic rings. The van der Waals surface area contributed by atoms with E-state index in [4.69, 9.17) is 10.2 Å². The quantitative estimate of drug-likeness (QED) is 0.424. The number of allylic oxidation sites excluding steroid dienone is 10. The van der Waals surface area contributed by atoms with Crippen molar-refractivity contribution in [2.45, 2.75) is 60.3 Å². The summed E-state index contributed by atoms with van der Waals surface area (Å²) in [4.78, 5) is 21.8. The maximum atomic E-state index is 10.9. The minimum atomic E-state index is -1.40.